The van der Waals surface area contributed by atoms with Crippen molar-refractivity contribution in [1.29, 1.82) is 0 Å². The first-order valence-corrected chi connectivity index (χ1v) is 14.6. The number of ether oxygens (including phenoxy) is 2. The zero-order valence-corrected chi connectivity index (χ0v) is 25.8. The summed E-state index contributed by atoms with van der Waals surface area (Å²) in [5.41, 5.74) is 2.80. The zero-order valence-electron chi connectivity index (χ0n) is 23.5. The maximum atomic E-state index is 13.7. The van der Waals surface area contributed by atoms with E-state index in [1.165, 1.54) is 6.21 Å². The molecule has 11 heteroatoms. The normalized spacial score (nSPS) is 11.4. The number of carbonyl (C=O) groups is 1. The second-order valence-corrected chi connectivity index (χ2v) is 11.1. The molecule has 1 amide bonds. The Bertz CT molecular complexity index is 2120. The number of hydrogen-bond acceptors (Lipinski definition) is 7. The summed E-state index contributed by atoms with van der Waals surface area (Å²) < 4.78 is 19.2. The number of nitrogens with one attached hydrogen (secondary N) is 1. The van der Waals surface area contributed by atoms with Crippen LogP contribution < -0.4 is 20.3 Å². The molecule has 0 atom stereocenters. The summed E-state index contributed by atoms with van der Waals surface area (Å²) >= 11 is 9.83. The van der Waals surface area contributed by atoms with Crippen molar-refractivity contribution in [3.63, 3.8) is 0 Å². The van der Waals surface area contributed by atoms with Crippen molar-refractivity contribution in [2.24, 2.45) is 5.10 Å². The number of anilines is 1. The van der Waals surface area contributed by atoms with Crippen LogP contribution in [0.15, 0.2) is 104 Å². The van der Waals surface area contributed by atoms with Gasteiger partial charge in [0.15, 0.2) is 12.4 Å². The average Bonchev–Trinajstić information content (AvgIpc) is 3.46. The number of furan rings is 1. The molecule has 0 unspecified atom stereocenters. The smallest absolute Gasteiger partial charge is 0.282 e. The van der Waals surface area contributed by atoms with Crippen molar-refractivity contribution in [3.8, 4) is 23.1 Å². The maximum Gasteiger partial charge on any atom is 0.282 e. The molecule has 0 radical (unpaired) electrons. The highest BCUT2D eigenvalue weighted by molar-refractivity contribution is 9.10. The number of halogens is 2. The molecule has 4 aromatic carbocycles. The molecule has 0 saturated heterocycles. The van der Waals surface area contributed by atoms with Gasteiger partial charge in [0.25, 0.3) is 11.5 Å². The van der Waals surface area contributed by atoms with E-state index in [0.29, 0.717) is 54.5 Å². The maximum absolute atomic E-state index is 13.7. The van der Waals surface area contributed by atoms with Crippen LogP contribution in [0.3, 0.4) is 0 Å². The number of fused-ring (bicyclic) bond motifs is 2. The highest BCUT2D eigenvalue weighted by Gasteiger charge is 2.19. The molecular formula is C33H24BrClN4O5. The number of aromatic nitrogens is 2. The first kappa shape index (κ1) is 29.2. The molecule has 9 nitrogen and oxygen atoms in total. The van der Waals surface area contributed by atoms with E-state index < -0.39 is 5.56 Å². The monoisotopic (exact) mass is 670 g/mol. The quantitative estimate of drug-likeness (QED) is 0.169. The second-order valence-electron chi connectivity index (χ2n) is 9.81. The standard InChI is InChI=1S/C33H24BrClN4O5/c1-19-10-12-22(13-11-19)37-30(40)18-43-31-20(14-21(35)15-25(31)34)17-36-39-32(38-26-7-4-3-6-23(26)33(39)41)29-16-24-27(42-2)8-5-9-28(24)44-29/h3-17H,18H2,1-2H3,(H,37,40). The molecular weight excluding hydrogens is 648 g/mol. The molecule has 1 N–H and O–H groups in total. The number of aryl methyl sites for hydroxylation is 1. The molecule has 0 spiro atoms. The summed E-state index contributed by atoms with van der Waals surface area (Å²) in [6.07, 6.45) is 1.43. The molecule has 0 aliphatic carbocycles. The highest BCUT2D eigenvalue weighted by Crippen LogP contribution is 2.34. The first-order valence-electron chi connectivity index (χ1n) is 13.4. The van der Waals surface area contributed by atoms with E-state index in [1.807, 2.05) is 43.3 Å². The SMILES string of the molecule is COc1cccc2oc(-c3nc4ccccc4c(=O)n3N=Cc3cc(Cl)cc(Br)c3OCC(=O)Nc3ccc(C)cc3)cc12. The van der Waals surface area contributed by atoms with Gasteiger partial charge in [-0.25, -0.2) is 4.98 Å². The molecule has 44 heavy (non-hydrogen) atoms. The summed E-state index contributed by atoms with van der Waals surface area (Å²) in [6.45, 7) is 1.69. The van der Waals surface area contributed by atoms with Gasteiger partial charge in [-0.3, -0.25) is 9.59 Å². The number of amides is 1. The van der Waals surface area contributed by atoms with Crippen molar-refractivity contribution < 1.29 is 18.7 Å². The fourth-order valence-corrected chi connectivity index (χ4v) is 5.58. The van der Waals surface area contributed by atoms with Gasteiger partial charge in [0.2, 0.25) is 5.82 Å². The van der Waals surface area contributed by atoms with Gasteiger partial charge in [-0.05, 0) is 77.5 Å². The van der Waals surface area contributed by atoms with Crippen molar-refractivity contribution in [1.82, 2.24) is 9.66 Å². The summed E-state index contributed by atoms with van der Waals surface area (Å²) in [5, 5.41) is 8.82. The Morgan fingerprint density at radius 3 is 2.66 bits per heavy atom. The number of carbonyl (C=O) groups excluding carboxylic acids is 1. The molecule has 220 valence electrons. The lowest BCUT2D eigenvalue weighted by Gasteiger charge is -2.13. The topological polar surface area (TPSA) is 108 Å². The number of para-hydroxylation sites is 1. The fraction of sp³-hybridized carbons (Fsp3) is 0.0909. The lowest BCUT2D eigenvalue weighted by atomic mass is 10.2. The molecule has 2 heterocycles. The summed E-state index contributed by atoms with van der Waals surface area (Å²) in [4.78, 5) is 31.1. The Hall–Kier alpha value is -4.93. The number of methoxy groups -OCH3 is 1. The second kappa shape index (κ2) is 12.4. The third kappa shape index (κ3) is 5.95. The number of nitrogens with zero attached hydrogens (tertiary/aromatic N) is 3. The average molecular weight is 672 g/mol. The Balaban J connectivity index is 1.39. The number of rotatable bonds is 8. The third-order valence-corrected chi connectivity index (χ3v) is 7.56. The van der Waals surface area contributed by atoms with Crippen molar-refractivity contribution >= 4 is 67.2 Å². The Morgan fingerprint density at radius 1 is 1.07 bits per heavy atom. The van der Waals surface area contributed by atoms with Crippen molar-refractivity contribution in [2.45, 2.75) is 6.92 Å². The fourth-order valence-electron chi connectivity index (χ4n) is 4.63. The molecule has 6 rings (SSSR count). The van der Waals surface area contributed by atoms with Crippen LogP contribution in [0.4, 0.5) is 5.69 Å². The van der Waals surface area contributed by atoms with Gasteiger partial charge in [-0.2, -0.15) is 9.78 Å². The molecule has 0 aliphatic heterocycles. The number of hydrogen-bond donors (Lipinski definition) is 1. The van der Waals surface area contributed by atoms with Crippen LogP contribution in [0, 0.1) is 6.92 Å². The molecule has 2 aromatic heterocycles. The Kier molecular flexibility index (Phi) is 8.19. The van der Waals surface area contributed by atoms with Gasteiger partial charge >= 0.3 is 0 Å². The minimum absolute atomic E-state index is 0.184. The minimum Gasteiger partial charge on any atom is -0.496 e. The van der Waals surface area contributed by atoms with Crippen molar-refractivity contribution in [2.75, 3.05) is 19.0 Å². The predicted octanol–water partition coefficient (Wildman–Crippen LogP) is 7.44. The van der Waals surface area contributed by atoms with Crippen LogP contribution in [-0.4, -0.2) is 35.5 Å². The van der Waals surface area contributed by atoms with E-state index in [0.717, 1.165) is 15.6 Å². The van der Waals surface area contributed by atoms with Gasteiger partial charge in [-0.1, -0.05) is 47.5 Å². The number of benzene rings is 4. The van der Waals surface area contributed by atoms with Gasteiger partial charge in [0.1, 0.15) is 17.1 Å². The summed E-state index contributed by atoms with van der Waals surface area (Å²) in [7, 11) is 1.57. The lowest BCUT2D eigenvalue weighted by molar-refractivity contribution is -0.118. The van der Waals surface area contributed by atoms with Crippen LogP contribution in [0.5, 0.6) is 11.5 Å². The van der Waals surface area contributed by atoms with Crippen LogP contribution in [0.2, 0.25) is 5.02 Å². The van der Waals surface area contributed by atoms with E-state index in [4.69, 9.17) is 30.5 Å². The molecule has 0 bridgehead atoms. The van der Waals surface area contributed by atoms with Crippen LogP contribution >= 0.6 is 27.5 Å². The molecule has 0 aliphatic rings. The van der Waals surface area contributed by atoms with Crippen LogP contribution in [0.25, 0.3) is 33.5 Å². The van der Waals surface area contributed by atoms with Gasteiger partial charge in [0, 0.05) is 16.3 Å². The highest BCUT2D eigenvalue weighted by atomic mass is 79.9. The van der Waals surface area contributed by atoms with Gasteiger partial charge in [0.05, 0.1) is 34.1 Å². The van der Waals surface area contributed by atoms with Gasteiger partial charge < -0.3 is 19.2 Å². The lowest BCUT2D eigenvalue weighted by Crippen LogP contribution is -2.21. The third-order valence-electron chi connectivity index (χ3n) is 6.75. The largest absolute Gasteiger partial charge is 0.496 e. The molecule has 0 fully saturated rings. The van der Waals surface area contributed by atoms with Crippen molar-refractivity contribution in [3.05, 3.63) is 116 Å². The van der Waals surface area contributed by atoms with E-state index in [2.05, 4.69) is 26.3 Å². The Labute approximate surface area is 264 Å². The van der Waals surface area contributed by atoms with E-state index >= 15 is 0 Å². The van der Waals surface area contributed by atoms with Crippen LogP contribution in [0.1, 0.15) is 11.1 Å². The summed E-state index contributed by atoms with van der Waals surface area (Å²) in [6, 6.07) is 24.9. The minimum atomic E-state index is -0.407. The summed E-state index contributed by atoms with van der Waals surface area (Å²) in [5.74, 6) is 1.09. The predicted molar refractivity (Wildman–Crippen MR) is 175 cm³/mol. The Morgan fingerprint density at radius 2 is 1.86 bits per heavy atom. The van der Waals surface area contributed by atoms with E-state index in [1.54, 1.807) is 55.6 Å². The first-order chi connectivity index (χ1) is 21.3. The molecule has 6 aromatic rings. The van der Waals surface area contributed by atoms with Gasteiger partial charge in [-0.15, -0.1) is 0 Å². The molecule has 0 saturated carbocycles. The zero-order chi connectivity index (χ0) is 30.8. The van der Waals surface area contributed by atoms with E-state index in [9.17, 15) is 9.59 Å². The van der Waals surface area contributed by atoms with Crippen LogP contribution in [-0.2, 0) is 4.79 Å². The van der Waals surface area contributed by atoms with E-state index in [-0.39, 0.29) is 18.3 Å².